The van der Waals surface area contributed by atoms with Crippen molar-refractivity contribution in [2.24, 2.45) is 0 Å². The summed E-state index contributed by atoms with van der Waals surface area (Å²) in [7, 11) is 0. The summed E-state index contributed by atoms with van der Waals surface area (Å²) in [6.45, 7) is 2.33. The van der Waals surface area contributed by atoms with Gasteiger partial charge in [0, 0.05) is 17.3 Å². The highest BCUT2D eigenvalue weighted by atomic mass is 35.5. The van der Waals surface area contributed by atoms with Crippen molar-refractivity contribution in [1.82, 2.24) is 0 Å². The Hall–Kier alpha value is -1.78. The van der Waals surface area contributed by atoms with Crippen LogP contribution in [-0.4, -0.2) is 24.4 Å². The van der Waals surface area contributed by atoms with E-state index in [4.69, 9.17) is 16.3 Å². The van der Waals surface area contributed by atoms with Crippen LogP contribution in [-0.2, 0) is 0 Å². The third kappa shape index (κ3) is 4.92. The number of anilines is 1. The smallest absolute Gasteiger partial charge is 0.126 e. The molecule has 0 amide bonds. The van der Waals surface area contributed by atoms with Crippen molar-refractivity contribution in [2.45, 2.75) is 13.0 Å². The van der Waals surface area contributed by atoms with Crippen molar-refractivity contribution in [3.63, 3.8) is 0 Å². The normalized spacial score (nSPS) is 12.0. The number of rotatable bonds is 6. The lowest BCUT2D eigenvalue weighted by atomic mass is 10.2. The monoisotopic (exact) mass is 309 g/mol. The molecular weight excluding hydrogens is 293 g/mol. The molecule has 5 heteroatoms. The molecule has 0 heterocycles. The number of hydrogen-bond acceptors (Lipinski definition) is 3. The van der Waals surface area contributed by atoms with Gasteiger partial charge in [0.1, 0.15) is 24.3 Å². The molecule has 0 aliphatic rings. The van der Waals surface area contributed by atoms with Crippen molar-refractivity contribution in [3.8, 4) is 5.75 Å². The van der Waals surface area contributed by atoms with E-state index in [0.29, 0.717) is 10.7 Å². The molecule has 2 aromatic rings. The molecule has 2 rings (SSSR count). The van der Waals surface area contributed by atoms with Crippen LogP contribution in [0.15, 0.2) is 42.5 Å². The van der Waals surface area contributed by atoms with Gasteiger partial charge in [-0.1, -0.05) is 29.8 Å². The second-order valence-corrected chi connectivity index (χ2v) is 5.21. The Morgan fingerprint density at radius 2 is 2.05 bits per heavy atom. The lowest BCUT2D eigenvalue weighted by Gasteiger charge is -2.15. The Balaban J connectivity index is 1.82. The number of aliphatic hydroxyl groups excluding tert-OH is 1. The molecule has 2 aromatic carbocycles. The molecule has 2 N–H and O–H groups in total. The molecule has 0 saturated carbocycles. The molecule has 0 fully saturated rings. The number of ether oxygens (including phenoxy) is 1. The number of benzene rings is 2. The van der Waals surface area contributed by atoms with Crippen LogP contribution in [0.3, 0.4) is 0 Å². The van der Waals surface area contributed by atoms with Crippen LogP contribution in [0.25, 0.3) is 0 Å². The maximum atomic E-state index is 13.2. The third-order valence-electron chi connectivity index (χ3n) is 2.93. The summed E-state index contributed by atoms with van der Waals surface area (Å²) >= 11 is 5.76. The fourth-order valence-electron chi connectivity index (χ4n) is 1.85. The SMILES string of the molecule is Cc1ccccc1OCC(O)CNc1cc(F)cc(Cl)c1. The zero-order chi connectivity index (χ0) is 15.2. The van der Waals surface area contributed by atoms with Crippen LogP contribution in [0.4, 0.5) is 10.1 Å². The number of nitrogens with one attached hydrogen (secondary N) is 1. The summed E-state index contributed by atoms with van der Waals surface area (Å²) in [5.74, 6) is 0.320. The minimum Gasteiger partial charge on any atom is -0.491 e. The van der Waals surface area contributed by atoms with E-state index in [-0.39, 0.29) is 13.2 Å². The average molecular weight is 310 g/mol. The van der Waals surface area contributed by atoms with Crippen LogP contribution in [0.2, 0.25) is 5.02 Å². The molecule has 0 aromatic heterocycles. The average Bonchev–Trinajstić information content (AvgIpc) is 2.43. The predicted octanol–water partition coefficient (Wildman–Crippen LogP) is 3.64. The van der Waals surface area contributed by atoms with E-state index in [0.717, 1.165) is 11.3 Å². The van der Waals surface area contributed by atoms with E-state index < -0.39 is 11.9 Å². The van der Waals surface area contributed by atoms with Gasteiger partial charge in [-0.15, -0.1) is 0 Å². The van der Waals surface area contributed by atoms with E-state index >= 15 is 0 Å². The Morgan fingerprint density at radius 3 is 2.76 bits per heavy atom. The van der Waals surface area contributed by atoms with Crippen molar-refractivity contribution < 1.29 is 14.2 Å². The second-order valence-electron chi connectivity index (χ2n) is 4.77. The third-order valence-corrected chi connectivity index (χ3v) is 3.15. The number of aliphatic hydroxyl groups is 1. The van der Waals surface area contributed by atoms with Crippen LogP contribution in [0.5, 0.6) is 5.75 Å². The molecule has 0 aliphatic carbocycles. The van der Waals surface area contributed by atoms with Gasteiger partial charge in [-0.3, -0.25) is 0 Å². The van der Waals surface area contributed by atoms with Crippen LogP contribution in [0, 0.1) is 12.7 Å². The first-order valence-corrected chi connectivity index (χ1v) is 6.99. The first-order valence-electron chi connectivity index (χ1n) is 6.61. The highest BCUT2D eigenvalue weighted by molar-refractivity contribution is 6.30. The summed E-state index contributed by atoms with van der Waals surface area (Å²) in [4.78, 5) is 0. The Bertz CT molecular complexity index is 586. The van der Waals surface area contributed by atoms with Gasteiger partial charge in [-0.05, 0) is 36.8 Å². The molecule has 0 aliphatic heterocycles. The Morgan fingerprint density at radius 1 is 1.29 bits per heavy atom. The van der Waals surface area contributed by atoms with Crippen molar-refractivity contribution >= 4 is 17.3 Å². The van der Waals surface area contributed by atoms with Crippen molar-refractivity contribution in [3.05, 3.63) is 58.9 Å². The van der Waals surface area contributed by atoms with Gasteiger partial charge < -0.3 is 15.2 Å². The summed E-state index contributed by atoms with van der Waals surface area (Å²) < 4.78 is 18.7. The second kappa shape index (κ2) is 7.29. The standard InChI is InChI=1S/C16H17ClFNO2/c1-11-4-2-3-5-16(11)21-10-15(20)9-19-14-7-12(17)6-13(18)8-14/h2-8,15,19-20H,9-10H2,1H3. The lowest BCUT2D eigenvalue weighted by molar-refractivity contribution is 0.117. The minimum atomic E-state index is -0.716. The van der Waals surface area contributed by atoms with Gasteiger partial charge in [-0.2, -0.15) is 0 Å². The van der Waals surface area contributed by atoms with Gasteiger partial charge >= 0.3 is 0 Å². The highest BCUT2D eigenvalue weighted by Gasteiger charge is 2.07. The Kier molecular flexibility index (Phi) is 5.42. The van der Waals surface area contributed by atoms with E-state index in [1.807, 2.05) is 31.2 Å². The number of halogens is 2. The number of aryl methyl sites for hydroxylation is 1. The van der Waals surface area contributed by atoms with Crippen molar-refractivity contribution in [2.75, 3.05) is 18.5 Å². The Labute approximate surface area is 128 Å². The molecule has 0 spiro atoms. The zero-order valence-electron chi connectivity index (χ0n) is 11.6. The lowest BCUT2D eigenvalue weighted by Crippen LogP contribution is -2.26. The first-order chi connectivity index (χ1) is 10.0. The number of hydrogen-bond donors (Lipinski definition) is 2. The molecule has 1 unspecified atom stereocenters. The van der Waals surface area contributed by atoms with Gasteiger partial charge in [-0.25, -0.2) is 4.39 Å². The summed E-state index contributed by atoms with van der Waals surface area (Å²) in [6, 6.07) is 11.7. The summed E-state index contributed by atoms with van der Waals surface area (Å²) in [6.07, 6.45) is -0.716. The molecule has 0 bridgehead atoms. The van der Waals surface area contributed by atoms with Crippen LogP contribution >= 0.6 is 11.6 Å². The molecule has 112 valence electrons. The largest absolute Gasteiger partial charge is 0.491 e. The predicted molar refractivity (Wildman–Crippen MR) is 82.6 cm³/mol. The summed E-state index contributed by atoms with van der Waals surface area (Å²) in [5, 5.41) is 13.1. The fourth-order valence-corrected chi connectivity index (χ4v) is 2.08. The first kappa shape index (κ1) is 15.6. The molecule has 1 atom stereocenters. The van der Waals surface area contributed by atoms with E-state index in [9.17, 15) is 9.50 Å². The minimum absolute atomic E-state index is 0.154. The van der Waals surface area contributed by atoms with Gasteiger partial charge in [0.2, 0.25) is 0 Å². The molecule has 3 nitrogen and oxygen atoms in total. The van der Waals surface area contributed by atoms with Gasteiger partial charge in [0.05, 0.1) is 0 Å². The molecule has 0 radical (unpaired) electrons. The quantitative estimate of drug-likeness (QED) is 0.856. The maximum Gasteiger partial charge on any atom is 0.126 e. The van der Waals surface area contributed by atoms with Gasteiger partial charge in [0.15, 0.2) is 0 Å². The summed E-state index contributed by atoms with van der Waals surface area (Å²) in [5.41, 5.74) is 1.53. The molecular formula is C16H17ClFNO2. The van der Waals surface area contributed by atoms with Crippen LogP contribution < -0.4 is 10.1 Å². The fraction of sp³-hybridized carbons (Fsp3) is 0.250. The zero-order valence-corrected chi connectivity index (χ0v) is 12.4. The van der Waals surface area contributed by atoms with Crippen LogP contribution in [0.1, 0.15) is 5.56 Å². The maximum absolute atomic E-state index is 13.2. The van der Waals surface area contributed by atoms with E-state index in [1.54, 1.807) is 6.07 Å². The van der Waals surface area contributed by atoms with Gasteiger partial charge in [0.25, 0.3) is 0 Å². The molecule has 0 saturated heterocycles. The van der Waals surface area contributed by atoms with Crippen molar-refractivity contribution in [1.29, 1.82) is 0 Å². The topological polar surface area (TPSA) is 41.5 Å². The highest BCUT2D eigenvalue weighted by Crippen LogP contribution is 2.18. The van der Waals surface area contributed by atoms with E-state index in [2.05, 4.69) is 5.32 Å². The van der Waals surface area contributed by atoms with E-state index in [1.165, 1.54) is 12.1 Å². The molecule has 21 heavy (non-hydrogen) atoms. The number of para-hydroxylation sites is 1.